The third-order valence-electron chi connectivity index (χ3n) is 2.40. The zero-order chi connectivity index (χ0) is 11.7. The van der Waals surface area contributed by atoms with E-state index in [1.807, 2.05) is 49.2 Å². The molecule has 0 radical (unpaired) electrons. The molecule has 0 bridgehead atoms. The summed E-state index contributed by atoms with van der Waals surface area (Å²) in [6.45, 7) is 4.06. The number of aliphatic hydroxyl groups is 1. The first-order valence-electron chi connectivity index (χ1n) is 5.20. The molecule has 1 aromatic carbocycles. The molecule has 2 rings (SSSR count). The summed E-state index contributed by atoms with van der Waals surface area (Å²) >= 11 is 4.23. The Morgan fingerprint density at radius 2 is 1.94 bits per heavy atom. The van der Waals surface area contributed by atoms with Crippen molar-refractivity contribution in [2.45, 2.75) is 26.2 Å². The molecule has 4 nitrogen and oxygen atoms in total. The van der Waals surface area contributed by atoms with Gasteiger partial charge in [0.25, 0.3) is 0 Å². The Balaban J connectivity index is 2.36. The fourth-order valence-corrected chi connectivity index (χ4v) is 2.05. The molecule has 0 aliphatic carbocycles. The number of amidine groups is 1. The van der Waals surface area contributed by atoms with Crippen molar-refractivity contribution in [3.05, 3.63) is 35.9 Å². The van der Waals surface area contributed by atoms with E-state index in [0.717, 1.165) is 11.4 Å². The van der Waals surface area contributed by atoms with E-state index >= 15 is 0 Å². The lowest BCUT2D eigenvalue weighted by molar-refractivity contribution is -0.00435. The highest BCUT2D eigenvalue weighted by Gasteiger charge is 2.32. The fraction of sp³-hybridized carbons (Fsp3) is 0.364. The van der Waals surface area contributed by atoms with Crippen LogP contribution in [0.1, 0.15) is 19.4 Å². The molecule has 1 heterocycles. The van der Waals surface area contributed by atoms with Crippen molar-refractivity contribution >= 4 is 18.7 Å². The second-order valence-electron chi connectivity index (χ2n) is 3.92. The van der Waals surface area contributed by atoms with Crippen molar-refractivity contribution in [1.82, 2.24) is 9.42 Å². The topological polar surface area (TPSA) is 39.1 Å². The van der Waals surface area contributed by atoms with E-state index in [-0.39, 0.29) is 6.04 Å². The normalized spacial score (nSPS) is 21.7. The van der Waals surface area contributed by atoms with Gasteiger partial charge in [-0.3, -0.25) is 5.01 Å². The predicted octanol–water partition coefficient (Wildman–Crippen LogP) is 1.49. The van der Waals surface area contributed by atoms with Crippen molar-refractivity contribution in [3.63, 3.8) is 0 Å². The van der Waals surface area contributed by atoms with Gasteiger partial charge in [-0.2, -0.15) is 0 Å². The third kappa shape index (κ3) is 1.93. The summed E-state index contributed by atoms with van der Waals surface area (Å²) in [4.78, 5) is 4.19. The van der Waals surface area contributed by atoms with Crippen molar-refractivity contribution < 1.29 is 5.11 Å². The van der Waals surface area contributed by atoms with Gasteiger partial charge in [0.15, 0.2) is 5.84 Å². The van der Waals surface area contributed by atoms with Crippen LogP contribution in [0.5, 0.6) is 0 Å². The minimum atomic E-state index is -0.916. The molecule has 1 N–H and O–H groups in total. The van der Waals surface area contributed by atoms with Crippen molar-refractivity contribution in [2.24, 2.45) is 4.99 Å². The molecule has 16 heavy (non-hydrogen) atoms. The summed E-state index contributed by atoms with van der Waals surface area (Å²) in [5, 5.41) is 11.5. The number of nitrogens with zero attached hydrogens (tertiary/aromatic N) is 3. The van der Waals surface area contributed by atoms with Gasteiger partial charge in [0.1, 0.15) is 0 Å². The van der Waals surface area contributed by atoms with E-state index in [2.05, 4.69) is 17.8 Å². The zero-order valence-electron chi connectivity index (χ0n) is 9.28. The van der Waals surface area contributed by atoms with E-state index in [1.165, 1.54) is 4.41 Å². The highest BCUT2D eigenvalue weighted by atomic mass is 32.1. The third-order valence-corrected chi connectivity index (χ3v) is 2.80. The molecule has 1 aromatic rings. The maximum absolute atomic E-state index is 9.67. The number of benzene rings is 1. The average Bonchev–Trinajstić information content (AvgIpc) is 2.57. The van der Waals surface area contributed by atoms with Gasteiger partial charge in [-0.1, -0.05) is 43.1 Å². The summed E-state index contributed by atoms with van der Waals surface area (Å²) in [7, 11) is 0. The highest BCUT2D eigenvalue weighted by Crippen LogP contribution is 2.23. The van der Waals surface area contributed by atoms with Gasteiger partial charge in [-0.15, -0.1) is 4.41 Å². The molecule has 0 amide bonds. The maximum atomic E-state index is 9.67. The van der Waals surface area contributed by atoms with Crippen molar-refractivity contribution in [1.29, 1.82) is 0 Å². The number of aliphatic imine (C=N–C) groups is 1. The van der Waals surface area contributed by atoms with Crippen LogP contribution in [-0.4, -0.2) is 32.8 Å². The molecule has 0 spiro atoms. The molecule has 5 heteroatoms. The van der Waals surface area contributed by atoms with Crippen molar-refractivity contribution in [3.8, 4) is 0 Å². The second-order valence-corrected chi connectivity index (χ2v) is 4.33. The molecular formula is C11H15N3OS. The molecule has 86 valence electrons. The van der Waals surface area contributed by atoms with Crippen LogP contribution in [0.3, 0.4) is 0 Å². The van der Waals surface area contributed by atoms with E-state index in [1.54, 1.807) is 0 Å². The molecule has 1 aliphatic rings. The van der Waals surface area contributed by atoms with Crippen LogP contribution in [0.2, 0.25) is 0 Å². The molecule has 0 saturated heterocycles. The Morgan fingerprint density at radius 3 is 2.50 bits per heavy atom. The van der Waals surface area contributed by atoms with E-state index in [0.29, 0.717) is 0 Å². The quantitative estimate of drug-likeness (QED) is 0.766. The molecule has 1 aliphatic heterocycles. The second kappa shape index (κ2) is 4.45. The standard InChI is InChI=1S/C11H15N3OS/c1-8(2)13-10(12-11(15)14(13)16)9-6-4-3-5-7-9/h3-8,11,15-16H,1-2H3. The van der Waals surface area contributed by atoms with Crippen LogP contribution in [0, 0.1) is 0 Å². The number of hydrogen-bond donors (Lipinski definition) is 2. The number of aliphatic hydroxyl groups excluding tert-OH is 1. The first-order valence-corrected chi connectivity index (χ1v) is 5.60. The summed E-state index contributed by atoms with van der Waals surface area (Å²) < 4.78 is 1.44. The Bertz CT molecular complexity index is 393. The minimum Gasteiger partial charge on any atom is -0.358 e. The Hall–Kier alpha value is -1.04. The van der Waals surface area contributed by atoms with Crippen LogP contribution in [0.4, 0.5) is 0 Å². The Kier molecular flexibility index (Phi) is 3.18. The summed E-state index contributed by atoms with van der Waals surface area (Å²) in [6, 6.07) is 9.97. The van der Waals surface area contributed by atoms with Gasteiger partial charge >= 0.3 is 0 Å². The highest BCUT2D eigenvalue weighted by molar-refractivity contribution is 7.77. The van der Waals surface area contributed by atoms with Gasteiger partial charge in [0.2, 0.25) is 6.35 Å². The average molecular weight is 237 g/mol. The van der Waals surface area contributed by atoms with E-state index < -0.39 is 6.35 Å². The lowest BCUT2D eigenvalue weighted by Gasteiger charge is -2.30. The van der Waals surface area contributed by atoms with Gasteiger partial charge in [-0.25, -0.2) is 4.99 Å². The fourth-order valence-electron chi connectivity index (χ4n) is 1.70. The largest absolute Gasteiger partial charge is 0.358 e. The Labute approximate surface area is 101 Å². The molecule has 0 saturated carbocycles. The van der Waals surface area contributed by atoms with E-state index in [9.17, 15) is 5.11 Å². The van der Waals surface area contributed by atoms with Crippen LogP contribution in [-0.2, 0) is 0 Å². The number of hydrazine groups is 1. The summed E-state index contributed by atoms with van der Waals surface area (Å²) in [6.07, 6.45) is -0.916. The van der Waals surface area contributed by atoms with Gasteiger partial charge in [-0.05, 0) is 13.8 Å². The van der Waals surface area contributed by atoms with Crippen molar-refractivity contribution in [2.75, 3.05) is 0 Å². The molecule has 1 unspecified atom stereocenters. The molecule has 0 aromatic heterocycles. The lowest BCUT2D eigenvalue weighted by Crippen LogP contribution is -2.43. The zero-order valence-corrected chi connectivity index (χ0v) is 10.2. The summed E-state index contributed by atoms with van der Waals surface area (Å²) in [5.74, 6) is 0.748. The molecular weight excluding hydrogens is 222 g/mol. The monoisotopic (exact) mass is 237 g/mol. The van der Waals surface area contributed by atoms with Gasteiger partial charge in [0.05, 0.1) is 0 Å². The smallest absolute Gasteiger partial charge is 0.233 e. The Morgan fingerprint density at radius 1 is 1.31 bits per heavy atom. The predicted molar refractivity (Wildman–Crippen MR) is 66.8 cm³/mol. The number of hydrogen-bond acceptors (Lipinski definition) is 5. The van der Waals surface area contributed by atoms with Gasteiger partial charge < -0.3 is 5.11 Å². The minimum absolute atomic E-state index is 0.189. The van der Waals surface area contributed by atoms with E-state index in [4.69, 9.17) is 0 Å². The summed E-state index contributed by atoms with van der Waals surface area (Å²) in [5.41, 5.74) is 0.979. The first-order chi connectivity index (χ1) is 7.61. The number of rotatable bonds is 2. The van der Waals surface area contributed by atoms with Crippen LogP contribution < -0.4 is 0 Å². The van der Waals surface area contributed by atoms with Gasteiger partial charge in [0, 0.05) is 11.6 Å². The van der Waals surface area contributed by atoms with Crippen LogP contribution in [0.25, 0.3) is 0 Å². The maximum Gasteiger partial charge on any atom is 0.233 e. The first kappa shape index (κ1) is 11.4. The molecule has 1 atom stereocenters. The number of thiol groups is 1. The lowest BCUT2D eigenvalue weighted by atomic mass is 10.2. The SMILES string of the molecule is CC(C)N1C(c2ccccc2)=NC(O)N1S. The molecule has 0 fully saturated rings. The van der Waals surface area contributed by atoms with Crippen LogP contribution in [0.15, 0.2) is 35.3 Å². The van der Waals surface area contributed by atoms with Crippen LogP contribution >= 0.6 is 12.8 Å².